The summed E-state index contributed by atoms with van der Waals surface area (Å²) < 4.78 is 19.0. The first kappa shape index (κ1) is 13.9. The Morgan fingerprint density at radius 1 is 1.12 bits per heavy atom. The minimum atomic E-state index is -0.236. The standard InChI is InChI=1S/C6H10O3.C5H8O3/c1-2-6(7)9-4-5-3-8-5;1-4(6)7-2-5-3-8-5/h5H,2-4H2,1H3;5H,2-3H2,1H3. The molecule has 2 aliphatic rings. The van der Waals surface area contributed by atoms with Crippen molar-refractivity contribution in [3.63, 3.8) is 0 Å². The zero-order valence-corrected chi connectivity index (χ0v) is 10.1. The molecule has 98 valence electrons. The summed E-state index contributed by atoms with van der Waals surface area (Å²) in [5, 5.41) is 0. The van der Waals surface area contributed by atoms with Gasteiger partial charge in [0.1, 0.15) is 25.4 Å². The highest BCUT2D eigenvalue weighted by atomic mass is 16.6. The molecule has 0 aliphatic carbocycles. The fourth-order valence-electron chi connectivity index (χ4n) is 0.827. The number of hydrogen-bond acceptors (Lipinski definition) is 6. The van der Waals surface area contributed by atoms with Crippen LogP contribution >= 0.6 is 0 Å². The van der Waals surface area contributed by atoms with Gasteiger partial charge in [-0.3, -0.25) is 9.59 Å². The van der Waals surface area contributed by atoms with E-state index in [-0.39, 0.29) is 24.1 Å². The Morgan fingerprint density at radius 2 is 1.59 bits per heavy atom. The molecule has 2 fully saturated rings. The molecule has 6 heteroatoms. The predicted molar refractivity (Wildman–Crippen MR) is 57.4 cm³/mol. The van der Waals surface area contributed by atoms with E-state index < -0.39 is 0 Å². The second-order valence-corrected chi connectivity index (χ2v) is 3.75. The first-order chi connectivity index (χ1) is 8.11. The van der Waals surface area contributed by atoms with Gasteiger partial charge in [0.05, 0.1) is 13.2 Å². The summed E-state index contributed by atoms with van der Waals surface area (Å²) in [7, 11) is 0. The van der Waals surface area contributed by atoms with E-state index in [0.29, 0.717) is 19.6 Å². The van der Waals surface area contributed by atoms with Crippen LogP contribution in [0.2, 0.25) is 0 Å². The van der Waals surface area contributed by atoms with Gasteiger partial charge in [0.25, 0.3) is 0 Å². The van der Waals surface area contributed by atoms with Gasteiger partial charge >= 0.3 is 11.9 Å². The minimum absolute atomic E-state index is 0.148. The lowest BCUT2D eigenvalue weighted by atomic mass is 10.5. The van der Waals surface area contributed by atoms with Crippen LogP contribution in [0.1, 0.15) is 20.3 Å². The maximum Gasteiger partial charge on any atom is 0.305 e. The van der Waals surface area contributed by atoms with Crippen LogP contribution in [-0.2, 0) is 28.5 Å². The van der Waals surface area contributed by atoms with Crippen LogP contribution in [0.5, 0.6) is 0 Å². The van der Waals surface area contributed by atoms with Gasteiger partial charge in [0.15, 0.2) is 0 Å². The first-order valence-corrected chi connectivity index (χ1v) is 5.64. The minimum Gasteiger partial charge on any atom is -0.463 e. The molecule has 0 aromatic rings. The van der Waals surface area contributed by atoms with E-state index in [1.54, 1.807) is 6.92 Å². The molecule has 17 heavy (non-hydrogen) atoms. The van der Waals surface area contributed by atoms with Crippen molar-refractivity contribution >= 4 is 11.9 Å². The lowest BCUT2D eigenvalue weighted by molar-refractivity contribution is -0.144. The van der Waals surface area contributed by atoms with Gasteiger partial charge in [-0.25, -0.2) is 0 Å². The van der Waals surface area contributed by atoms with Crippen LogP contribution in [0.15, 0.2) is 0 Å². The van der Waals surface area contributed by atoms with Crippen LogP contribution in [0.3, 0.4) is 0 Å². The molecule has 2 atom stereocenters. The molecule has 0 spiro atoms. The van der Waals surface area contributed by atoms with Crippen molar-refractivity contribution in [2.45, 2.75) is 32.5 Å². The normalized spacial score (nSPS) is 24.1. The molecule has 0 N–H and O–H groups in total. The van der Waals surface area contributed by atoms with E-state index in [2.05, 4.69) is 4.74 Å². The lowest BCUT2D eigenvalue weighted by Crippen LogP contribution is -2.07. The molecule has 0 radical (unpaired) electrons. The quantitative estimate of drug-likeness (QED) is 0.512. The Balaban J connectivity index is 0.000000171. The van der Waals surface area contributed by atoms with E-state index in [9.17, 15) is 9.59 Å². The zero-order valence-electron chi connectivity index (χ0n) is 10.1. The fraction of sp³-hybridized carbons (Fsp3) is 0.818. The number of esters is 2. The van der Waals surface area contributed by atoms with Gasteiger partial charge in [-0.05, 0) is 0 Å². The van der Waals surface area contributed by atoms with Gasteiger partial charge in [0.2, 0.25) is 0 Å². The van der Waals surface area contributed by atoms with E-state index in [0.717, 1.165) is 13.2 Å². The Morgan fingerprint density at radius 3 is 1.94 bits per heavy atom. The first-order valence-electron chi connectivity index (χ1n) is 5.64. The van der Waals surface area contributed by atoms with E-state index >= 15 is 0 Å². The second kappa shape index (κ2) is 7.24. The Labute approximate surface area is 100 Å². The average Bonchev–Trinajstić information content (AvgIpc) is 3.18. The number of hydrogen-bond donors (Lipinski definition) is 0. The summed E-state index contributed by atoms with van der Waals surface area (Å²) in [5.41, 5.74) is 0. The third kappa shape index (κ3) is 8.65. The van der Waals surface area contributed by atoms with Crippen molar-refractivity contribution in [1.29, 1.82) is 0 Å². The smallest absolute Gasteiger partial charge is 0.305 e. The SMILES string of the molecule is CC(=O)OCC1CO1.CCC(=O)OCC1CO1. The third-order valence-corrected chi connectivity index (χ3v) is 2.00. The summed E-state index contributed by atoms with van der Waals surface area (Å²) in [6.07, 6.45) is 0.839. The Bertz CT molecular complexity index is 257. The van der Waals surface area contributed by atoms with Crippen LogP contribution in [0.25, 0.3) is 0 Å². The average molecular weight is 246 g/mol. The van der Waals surface area contributed by atoms with Crippen molar-refractivity contribution in [1.82, 2.24) is 0 Å². The zero-order chi connectivity index (χ0) is 12.7. The summed E-state index contributed by atoms with van der Waals surface area (Å²) in [6.45, 7) is 5.52. The molecule has 0 aromatic carbocycles. The highest BCUT2D eigenvalue weighted by Crippen LogP contribution is 2.08. The Hall–Kier alpha value is -1.14. The topological polar surface area (TPSA) is 77.7 Å². The number of rotatable bonds is 5. The molecule has 2 unspecified atom stereocenters. The molecular weight excluding hydrogens is 228 g/mol. The van der Waals surface area contributed by atoms with E-state index in [1.807, 2.05) is 0 Å². The summed E-state index contributed by atoms with van der Waals surface area (Å²) in [4.78, 5) is 20.6. The van der Waals surface area contributed by atoms with Crippen molar-refractivity contribution in [3.8, 4) is 0 Å². The molecular formula is C11H18O6. The molecule has 2 heterocycles. The monoisotopic (exact) mass is 246 g/mol. The number of carbonyl (C=O) groups excluding carboxylic acids is 2. The number of carbonyl (C=O) groups is 2. The predicted octanol–water partition coefficient (Wildman–Crippen LogP) is 0.287. The third-order valence-electron chi connectivity index (χ3n) is 2.00. The van der Waals surface area contributed by atoms with Gasteiger partial charge in [-0.15, -0.1) is 0 Å². The largest absolute Gasteiger partial charge is 0.463 e. The van der Waals surface area contributed by atoms with E-state index in [4.69, 9.17) is 14.2 Å². The molecule has 0 aromatic heterocycles. The molecule has 6 nitrogen and oxygen atoms in total. The van der Waals surface area contributed by atoms with Crippen LogP contribution in [-0.4, -0.2) is 50.6 Å². The van der Waals surface area contributed by atoms with Gasteiger partial charge in [-0.1, -0.05) is 6.92 Å². The molecule has 0 bridgehead atoms. The van der Waals surface area contributed by atoms with Crippen LogP contribution in [0, 0.1) is 0 Å². The summed E-state index contributed by atoms with van der Waals surface area (Å²) >= 11 is 0. The van der Waals surface area contributed by atoms with Crippen LogP contribution in [0.4, 0.5) is 0 Å². The van der Waals surface area contributed by atoms with Crippen molar-refractivity contribution < 1.29 is 28.5 Å². The summed E-state index contributed by atoms with van der Waals surface area (Å²) in [5.74, 6) is -0.383. The highest BCUT2D eigenvalue weighted by molar-refractivity contribution is 5.68. The van der Waals surface area contributed by atoms with Crippen LogP contribution < -0.4 is 0 Å². The summed E-state index contributed by atoms with van der Waals surface area (Å²) in [6, 6.07) is 0. The second-order valence-electron chi connectivity index (χ2n) is 3.75. The van der Waals surface area contributed by atoms with E-state index in [1.165, 1.54) is 6.92 Å². The fourth-order valence-corrected chi connectivity index (χ4v) is 0.827. The van der Waals surface area contributed by atoms with Crippen molar-refractivity contribution in [2.75, 3.05) is 26.4 Å². The number of epoxide rings is 2. The van der Waals surface area contributed by atoms with Crippen molar-refractivity contribution in [2.24, 2.45) is 0 Å². The van der Waals surface area contributed by atoms with Gasteiger partial charge in [-0.2, -0.15) is 0 Å². The maximum absolute atomic E-state index is 10.5. The van der Waals surface area contributed by atoms with Crippen molar-refractivity contribution in [3.05, 3.63) is 0 Å². The maximum atomic E-state index is 10.5. The number of ether oxygens (including phenoxy) is 4. The highest BCUT2D eigenvalue weighted by Gasteiger charge is 2.24. The molecule has 2 aliphatic heterocycles. The lowest BCUT2D eigenvalue weighted by Gasteiger charge is -1.97. The van der Waals surface area contributed by atoms with Gasteiger partial charge in [0, 0.05) is 13.3 Å². The molecule has 0 amide bonds. The Kier molecular flexibility index (Phi) is 5.93. The molecule has 2 saturated heterocycles. The molecule has 0 saturated carbocycles. The molecule has 2 rings (SSSR count). The van der Waals surface area contributed by atoms with Gasteiger partial charge < -0.3 is 18.9 Å².